The highest BCUT2D eigenvalue weighted by atomic mass is 16.1. The molecule has 0 aliphatic carbocycles. The molecule has 0 atom stereocenters. The summed E-state index contributed by atoms with van der Waals surface area (Å²) >= 11 is 0. The SMILES string of the molecule is C=Cc1nc2ccccc2c(C(N)=O)c1CN(c1ccccc1)C(C)C. The molecule has 1 heterocycles. The topological polar surface area (TPSA) is 59.2 Å². The van der Waals surface area contributed by atoms with E-state index >= 15 is 0 Å². The second-order valence-electron chi connectivity index (χ2n) is 6.49. The fourth-order valence-electron chi connectivity index (χ4n) is 3.24. The van der Waals surface area contributed by atoms with Crippen LogP contribution in [0.15, 0.2) is 61.2 Å². The number of amides is 1. The van der Waals surface area contributed by atoms with Gasteiger partial charge in [0.05, 0.1) is 16.8 Å². The quantitative estimate of drug-likeness (QED) is 0.721. The van der Waals surface area contributed by atoms with Crippen molar-refractivity contribution in [3.05, 3.63) is 78.0 Å². The summed E-state index contributed by atoms with van der Waals surface area (Å²) in [5.74, 6) is -0.446. The zero-order valence-corrected chi connectivity index (χ0v) is 15.1. The molecule has 132 valence electrons. The Balaban J connectivity index is 2.21. The van der Waals surface area contributed by atoms with Crippen molar-refractivity contribution >= 4 is 28.6 Å². The van der Waals surface area contributed by atoms with Crippen molar-refractivity contribution in [1.29, 1.82) is 0 Å². The summed E-state index contributed by atoms with van der Waals surface area (Å²) in [7, 11) is 0. The molecule has 4 heteroatoms. The molecule has 2 N–H and O–H groups in total. The maximum absolute atomic E-state index is 12.3. The Morgan fingerprint density at radius 2 is 1.81 bits per heavy atom. The van der Waals surface area contributed by atoms with Crippen LogP contribution in [0.25, 0.3) is 17.0 Å². The summed E-state index contributed by atoms with van der Waals surface area (Å²) in [6.07, 6.45) is 1.69. The van der Waals surface area contributed by atoms with E-state index in [2.05, 4.69) is 37.5 Å². The van der Waals surface area contributed by atoms with Crippen molar-refractivity contribution in [2.45, 2.75) is 26.4 Å². The minimum absolute atomic E-state index is 0.238. The molecular formula is C22H23N3O. The molecule has 0 unspecified atom stereocenters. The number of fused-ring (bicyclic) bond motifs is 1. The van der Waals surface area contributed by atoms with E-state index in [1.165, 1.54) is 0 Å². The lowest BCUT2D eigenvalue weighted by atomic mass is 9.98. The lowest BCUT2D eigenvalue weighted by Gasteiger charge is -2.30. The number of carbonyl (C=O) groups excluding carboxylic acids is 1. The number of para-hydroxylation sites is 2. The zero-order chi connectivity index (χ0) is 18.7. The number of rotatable bonds is 6. The van der Waals surface area contributed by atoms with Gasteiger partial charge in [0.2, 0.25) is 5.91 Å². The van der Waals surface area contributed by atoms with E-state index in [1.54, 1.807) is 6.08 Å². The normalized spacial score (nSPS) is 10.9. The molecule has 0 aliphatic heterocycles. The van der Waals surface area contributed by atoms with Gasteiger partial charge in [-0.25, -0.2) is 4.98 Å². The second kappa shape index (κ2) is 7.40. The molecule has 0 fully saturated rings. The number of aromatic nitrogens is 1. The molecule has 26 heavy (non-hydrogen) atoms. The largest absolute Gasteiger partial charge is 0.366 e. The maximum atomic E-state index is 12.3. The molecule has 0 spiro atoms. The minimum Gasteiger partial charge on any atom is -0.366 e. The van der Waals surface area contributed by atoms with Gasteiger partial charge < -0.3 is 10.6 Å². The van der Waals surface area contributed by atoms with Crippen LogP contribution < -0.4 is 10.6 Å². The monoisotopic (exact) mass is 345 g/mol. The molecule has 1 amide bonds. The summed E-state index contributed by atoms with van der Waals surface area (Å²) in [4.78, 5) is 19.3. The van der Waals surface area contributed by atoms with Crippen molar-refractivity contribution in [3.63, 3.8) is 0 Å². The Labute approximate surface area is 154 Å². The number of pyridine rings is 1. The smallest absolute Gasteiger partial charge is 0.249 e. The van der Waals surface area contributed by atoms with Crippen LogP contribution >= 0.6 is 0 Å². The van der Waals surface area contributed by atoms with Crippen molar-refractivity contribution in [2.75, 3.05) is 4.90 Å². The molecule has 0 radical (unpaired) electrons. The van der Waals surface area contributed by atoms with E-state index in [-0.39, 0.29) is 6.04 Å². The first-order valence-electron chi connectivity index (χ1n) is 8.68. The number of carbonyl (C=O) groups is 1. The Morgan fingerprint density at radius 3 is 2.42 bits per heavy atom. The number of primary amides is 1. The standard InChI is InChI=1S/C22H23N3O/c1-4-19-18(14-25(15(2)3)16-10-6-5-7-11-16)21(22(23)26)17-12-8-9-13-20(17)24-19/h4-13,15H,1,14H2,2-3H3,(H2,23,26). The first-order chi connectivity index (χ1) is 12.5. The Morgan fingerprint density at radius 1 is 1.15 bits per heavy atom. The Bertz CT molecular complexity index is 948. The van der Waals surface area contributed by atoms with Gasteiger partial charge in [0, 0.05) is 29.2 Å². The van der Waals surface area contributed by atoms with Crippen LogP contribution in [0.4, 0.5) is 5.69 Å². The first kappa shape index (κ1) is 17.7. The molecule has 0 aliphatic rings. The fourth-order valence-corrected chi connectivity index (χ4v) is 3.24. The third-order valence-electron chi connectivity index (χ3n) is 4.50. The van der Waals surface area contributed by atoms with Crippen molar-refractivity contribution < 1.29 is 4.79 Å². The van der Waals surface area contributed by atoms with E-state index < -0.39 is 5.91 Å². The molecule has 1 aromatic heterocycles. The van der Waals surface area contributed by atoms with Crippen LogP contribution in [0.3, 0.4) is 0 Å². The van der Waals surface area contributed by atoms with Crippen LogP contribution in [0, 0.1) is 0 Å². The summed E-state index contributed by atoms with van der Waals surface area (Å²) < 4.78 is 0. The van der Waals surface area contributed by atoms with E-state index in [1.807, 2.05) is 42.5 Å². The Kier molecular flexibility index (Phi) is 5.03. The molecule has 0 bridgehead atoms. The lowest BCUT2D eigenvalue weighted by molar-refractivity contribution is 0.100. The molecular weight excluding hydrogens is 322 g/mol. The van der Waals surface area contributed by atoms with Crippen LogP contribution in [0.5, 0.6) is 0 Å². The van der Waals surface area contributed by atoms with Crippen molar-refractivity contribution in [1.82, 2.24) is 4.98 Å². The molecule has 0 saturated carbocycles. The summed E-state index contributed by atoms with van der Waals surface area (Å²) in [6.45, 7) is 8.67. The highest BCUT2D eigenvalue weighted by molar-refractivity contribution is 6.07. The van der Waals surface area contributed by atoms with Gasteiger partial charge in [0.25, 0.3) is 0 Å². The van der Waals surface area contributed by atoms with Gasteiger partial charge in [0.15, 0.2) is 0 Å². The summed E-state index contributed by atoms with van der Waals surface area (Å²) in [5.41, 5.74) is 9.63. The van der Waals surface area contributed by atoms with Crippen LogP contribution in [0.1, 0.15) is 35.5 Å². The van der Waals surface area contributed by atoms with Crippen molar-refractivity contribution in [3.8, 4) is 0 Å². The maximum Gasteiger partial charge on any atom is 0.249 e. The minimum atomic E-state index is -0.446. The summed E-state index contributed by atoms with van der Waals surface area (Å²) in [5, 5.41) is 0.775. The second-order valence-corrected chi connectivity index (χ2v) is 6.49. The van der Waals surface area contributed by atoms with E-state index in [0.29, 0.717) is 17.8 Å². The number of benzene rings is 2. The lowest BCUT2D eigenvalue weighted by Crippen LogP contribution is -2.32. The molecule has 2 aromatic carbocycles. The van der Waals surface area contributed by atoms with Gasteiger partial charge in [-0.1, -0.05) is 43.0 Å². The number of hydrogen-bond acceptors (Lipinski definition) is 3. The van der Waals surface area contributed by atoms with Crippen LogP contribution in [-0.2, 0) is 6.54 Å². The molecule has 3 rings (SSSR count). The number of nitrogens with two attached hydrogens (primary N) is 1. The molecule has 3 aromatic rings. The number of hydrogen-bond donors (Lipinski definition) is 1. The highest BCUT2D eigenvalue weighted by Gasteiger charge is 2.21. The summed E-state index contributed by atoms with van der Waals surface area (Å²) in [6, 6.07) is 17.9. The molecule has 4 nitrogen and oxygen atoms in total. The van der Waals surface area contributed by atoms with Gasteiger partial charge in [-0.3, -0.25) is 4.79 Å². The zero-order valence-electron chi connectivity index (χ0n) is 15.1. The predicted molar refractivity (Wildman–Crippen MR) is 108 cm³/mol. The predicted octanol–water partition coefficient (Wildman–Crippen LogP) is 4.39. The van der Waals surface area contributed by atoms with E-state index in [4.69, 9.17) is 10.7 Å². The van der Waals surface area contributed by atoms with Gasteiger partial charge in [-0.15, -0.1) is 0 Å². The van der Waals surface area contributed by atoms with Crippen LogP contribution in [-0.4, -0.2) is 16.9 Å². The van der Waals surface area contributed by atoms with E-state index in [9.17, 15) is 4.79 Å². The average molecular weight is 345 g/mol. The van der Waals surface area contributed by atoms with Crippen LogP contribution in [0.2, 0.25) is 0 Å². The Hall–Kier alpha value is -3.14. The van der Waals surface area contributed by atoms with Gasteiger partial charge >= 0.3 is 0 Å². The first-order valence-corrected chi connectivity index (χ1v) is 8.68. The van der Waals surface area contributed by atoms with Gasteiger partial charge in [-0.2, -0.15) is 0 Å². The number of nitrogens with zero attached hydrogens (tertiary/aromatic N) is 2. The van der Waals surface area contributed by atoms with E-state index in [0.717, 1.165) is 22.2 Å². The fraction of sp³-hybridized carbons (Fsp3) is 0.182. The van der Waals surface area contributed by atoms with Crippen molar-refractivity contribution in [2.24, 2.45) is 5.73 Å². The van der Waals surface area contributed by atoms with Gasteiger partial charge in [0.1, 0.15) is 0 Å². The highest BCUT2D eigenvalue weighted by Crippen LogP contribution is 2.28. The number of anilines is 1. The average Bonchev–Trinajstić information content (AvgIpc) is 2.65. The molecule has 0 saturated heterocycles. The van der Waals surface area contributed by atoms with Gasteiger partial charge in [-0.05, 0) is 38.1 Å². The third kappa shape index (κ3) is 3.31. The third-order valence-corrected chi connectivity index (χ3v) is 4.50.